The van der Waals surface area contributed by atoms with Gasteiger partial charge in [0, 0.05) is 10.8 Å². The number of carboxylic acids is 1. The number of benzene rings is 2. The van der Waals surface area contributed by atoms with Gasteiger partial charge in [0.2, 0.25) is 8.32 Å². The smallest absolute Gasteiger partial charge is 0.339 e. The SMILES string of the molecule is CCCCCCCC[Si](C)(C)Oc1cc(C(=O)O)c(O)c2ccccc12. The molecule has 0 aliphatic carbocycles. The van der Waals surface area contributed by atoms with E-state index in [1.54, 1.807) is 12.1 Å². The van der Waals surface area contributed by atoms with Gasteiger partial charge in [-0.1, -0.05) is 69.7 Å². The Kier molecular flexibility index (Phi) is 7.09. The van der Waals surface area contributed by atoms with Crippen molar-refractivity contribution in [3.8, 4) is 11.5 Å². The van der Waals surface area contributed by atoms with Gasteiger partial charge in [-0.15, -0.1) is 0 Å². The number of rotatable bonds is 10. The van der Waals surface area contributed by atoms with Crippen molar-refractivity contribution in [3.05, 3.63) is 35.9 Å². The van der Waals surface area contributed by atoms with Crippen LogP contribution in [0.15, 0.2) is 30.3 Å². The molecular weight excluding hydrogens is 344 g/mol. The molecular formula is C21H30O4Si. The number of unbranched alkanes of at least 4 members (excludes halogenated alkanes) is 5. The molecule has 0 saturated carbocycles. The normalized spacial score (nSPS) is 11.7. The Morgan fingerprint density at radius 1 is 1.04 bits per heavy atom. The first-order valence-corrected chi connectivity index (χ1v) is 12.6. The summed E-state index contributed by atoms with van der Waals surface area (Å²) in [6.07, 6.45) is 7.48. The van der Waals surface area contributed by atoms with Gasteiger partial charge in [-0.25, -0.2) is 4.79 Å². The lowest BCUT2D eigenvalue weighted by Crippen LogP contribution is -2.34. The van der Waals surface area contributed by atoms with E-state index in [0.717, 1.165) is 17.9 Å². The van der Waals surface area contributed by atoms with Crippen LogP contribution in [-0.4, -0.2) is 24.5 Å². The van der Waals surface area contributed by atoms with Crippen molar-refractivity contribution in [2.75, 3.05) is 0 Å². The van der Waals surface area contributed by atoms with Gasteiger partial charge in [0.15, 0.2) is 0 Å². The molecule has 0 fully saturated rings. The van der Waals surface area contributed by atoms with Gasteiger partial charge in [0.25, 0.3) is 0 Å². The summed E-state index contributed by atoms with van der Waals surface area (Å²) in [6.45, 7) is 6.56. The molecule has 2 rings (SSSR count). The Hall–Kier alpha value is -2.01. The van der Waals surface area contributed by atoms with Crippen molar-refractivity contribution in [1.82, 2.24) is 0 Å². The van der Waals surface area contributed by atoms with Crippen LogP contribution in [0.3, 0.4) is 0 Å². The summed E-state index contributed by atoms with van der Waals surface area (Å²) in [6, 6.07) is 9.76. The topological polar surface area (TPSA) is 66.8 Å². The van der Waals surface area contributed by atoms with Crippen LogP contribution in [-0.2, 0) is 0 Å². The fraction of sp³-hybridized carbons (Fsp3) is 0.476. The summed E-state index contributed by atoms with van der Waals surface area (Å²) in [7, 11) is -1.98. The molecule has 2 N–H and O–H groups in total. The number of phenols is 1. The lowest BCUT2D eigenvalue weighted by atomic mass is 10.0. The van der Waals surface area contributed by atoms with E-state index in [-0.39, 0.29) is 11.3 Å². The lowest BCUT2D eigenvalue weighted by Gasteiger charge is -2.26. The van der Waals surface area contributed by atoms with Crippen molar-refractivity contribution in [2.24, 2.45) is 0 Å². The number of carboxylic acid groups (broad SMARTS) is 1. The lowest BCUT2D eigenvalue weighted by molar-refractivity contribution is 0.0693. The highest BCUT2D eigenvalue weighted by molar-refractivity contribution is 6.71. The molecule has 0 atom stereocenters. The van der Waals surface area contributed by atoms with E-state index in [1.807, 2.05) is 12.1 Å². The first-order valence-electron chi connectivity index (χ1n) is 9.52. The Labute approximate surface area is 156 Å². The summed E-state index contributed by atoms with van der Waals surface area (Å²) < 4.78 is 6.35. The monoisotopic (exact) mass is 374 g/mol. The molecule has 0 unspecified atom stereocenters. The van der Waals surface area contributed by atoms with E-state index < -0.39 is 14.3 Å². The molecule has 0 aliphatic rings. The molecule has 5 heteroatoms. The second-order valence-corrected chi connectivity index (χ2v) is 11.7. The van der Waals surface area contributed by atoms with Crippen LogP contribution in [0.2, 0.25) is 19.1 Å². The molecule has 142 valence electrons. The number of aromatic hydroxyl groups is 1. The van der Waals surface area contributed by atoms with Crippen LogP contribution in [0, 0.1) is 0 Å². The molecule has 0 radical (unpaired) electrons. The van der Waals surface area contributed by atoms with E-state index in [0.29, 0.717) is 11.1 Å². The van der Waals surface area contributed by atoms with Crippen LogP contribution in [0.1, 0.15) is 55.8 Å². The van der Waals surface area contributed by atoms with Crippen LogP contribution in [0.25, 0.3) is 10.8 Å². The molecule has 0 heterocycles. The maximum atomic E-state index is 11.5. The predicted molar refractivity (Wildman–Crippen MR) is 109 cm³/mol. The third-order valence-electron chi connectivity index (χ3n) is 4.73. The minimum Gasteiger partial charge on any atom is -0.544 e. The van der Waals surface area contributed by atoms with Crippen LogP contribution < -0.4 is 4.43 Å². The average Bonchev–Trinajstić information content (AvgIpc) is 2.60. The molecule has 0 aliphatic heterocycles. The summed E-state index contributed by atoms with van der Waals surface area (Å²) in [4.78, 5) is 11.5. The van der Waals surface area contributed by atoms with Crippen molar-refractivity contribution in [1.29, 1.82) is 0 Å². The largest absolute Gasteiger partial charge is 0.544 e. The van der Waals surface area contributed by atoms with Gasteiger partial charge in [0.1, 0.15) is 17.1 Å². The molecule has 0 saturated heterocycles. The van der Waals surface area contributed by atoms with E-state index in [2.05, 4.69) is 20.0 Å². The Morgan fingerprint density at radius 3 is 2.31 bits per heavy atom. The first kappa shape index (κ1) is 20.3. The number of fused-ring (bicyclic) bond motifs is 1. The molecule has 0 spiro atoms. The maximum absolute atomic E-state index is 11.5. The van der Waals surface area contributed by atoms with Crippen LogP contribution >= 0.6 is 0 Å². The summed E-state index contributed by atoms with van der Waals surface area (Å²) in [5.41, 5.74) is -0.108. The van der Waals surface area contributed by atoms with Gasteiger partial charge in [-0.3, -0.25) is 0 Å². The maximum Gasteiger partial charge on any atom is 0.339 e. The second-order valence-electron chi connectivity index (χ2n) is 7.50. The quantitative estimate of drug-likeness (QED) is 0.384. The summed E-state index contributed by atoms with van der Waals surface area (Å²) in [5.74, 6) is -0.775. The number of hydrogen-bond donors (Lipinski definition) is 2. The van der Waals surface area contributed by atoms with Gasteiger partial charge < -0.3 is 14.6 Å². The van der Waals surface area contributed by atoms with Gasteiger partial charge >= 0.3 is 5.97 Å². The predicted octanol–water partition coefficient (Wildman–Crippen LogP) is 6.19. The Bertz CT molecular complexity index is 755. The highest BCUT2D eigenvalue weighted by Crippen LogP contribution is 2.37. The standard InChI is InChI=1S/C21H30O4Si/c1-4-5-6-7-8-11-14-26(2,3)25-19-15-18(21(23)24)20(22)17-13-10-9-12-16(17)19/h9-10,12-13,15,22H,4-8,11,14H2,1-3H3,(H,23,24). The van der Waals surface area contributed by atoms with E-state index in [4.69, 9.17) is 4.43 Å². The third kappa shape index (κ3) is 5.24. The average molecular weight is 375 g/mol. The molecule has 0 bridgehead atoms. The van der Waals surface area contributed by atoms with Crippen molar-refractivity contribution >= 4 is 25.1 Å². The van der Waals surface area contributed by atoms with Crippen LogP contribution in [0.4, 0.5) is 0 Å². The zero-order valence-electron chi connectivity index (χ0n) is 16.0. The zero-order chi connectivity index (χ0) is 19.2. The van der Waals surface area contributed by atoms with Crippen molar-refractivity contribution in [2.45, 2.75) is 64.6 Å². The van der Waals surface area contributed by atoms with Gasteiger partial charge in [0.05, 0.1) is 0 Å². The summed E-state index contributed by atoms with van der Waals surface area (Å²) in [5, 5.41) is 20.9. The zero-order valence-corrected chi connectivity index (χ0v) is 17.0. The second kappa shape index (κ2) is 9.08. The number of carbonyl (C=O) groups is 1. The summed E-state index contributed by atoms with van der Waals surface area (Å²) >= 11 is 0. The first-order chi connectivity index (χ1) is 12.4. The van der Waals surface area contributed by atoms with E-state index in [1.165, 1.54) is 38.2 Å². The number of hydrogen-bond acceptors (Lipinski definition) is 3. The molecule has 0 amide bonds. The van der Waals surface area contributed by atoms with E-state index in [9.17, 15) is 15.0 Å². The fourth-order valence-electron chi connectivity index (χ4n) is 3.25. The van der Waals surface area contributed by atoms with Gasteiger partial charge in [-0.05, 0) is 25.2 Å². The van der Waals surface area contributed by atoms with Crippen LogP contribution in [0.5, 0.6) is 11.5 Å². The van der Waals surface area contributed by atoms with Gasteiger partial charge in [-0.2, -0.15) is 0 Å². The Balaban J connectivity index is 2.16. The molecule has 4 nitrogen and oxygen atoms in total. The molecule has 26 heavy (non-hydrogen) atoms. The minimum absolute atomic E-state index is 0.108. The highest BCUT2D eigenvalue weighted by atomic mass is 28.4. The van der Waals surface area contributed by atoms with E-state index >= 15 is 0 Å². The van der Waals surface area contributed by atoms with Crippen molar-refractivity contribution in [3.63, 3.8) is 0 Å². The highest BCUT2D eigenvalue weighted by Gasteiger charge is 2.26. The molecule has 0 aromatic heterocycles. The minimum atomic E-state index is -1.98. The fourth-order valence-corrected chi connectivity index (χ4v) is 5.22. The number of aromatic carboxylic acids is 1. The van der Waals surface area contributed by atoms with Crippen molar-refractivity contribution < 1.29 is 19.4 Å². The molecule has 2 aromatic rings. The third-order valence-corrected chi connectivity index (χ3v) is 7.06. The molecule has 2 aromatic carbocycles. The Morgan fingerprint density at radius 2 is 1.65 bits per heavy atom.